The summed E-state index contributed by atoms with van der Waals surface area (Å²) in [7, 11) is 0. The molecular weight excluding hydrogens is 247 g/mol. The summed E-state index contributed by atoms with van der Waals surface area (Å²) in [5, 5.41) is 8.89. The molecule has 0 heterocycles. The maximum atomic E-state index is 8.89. The first-order chi connectivity index (χ1) is 1.73. The maximum absolute atomic E-state index is 8.89. The topological polar surface area (TPSA) is 43.1 Å². The molecule has 0 aliphatic heterocycles. The molecule has 0 N–H and O–H groups in total. The SMILES string of the molecule is O=[N+]([O-])[Hg]. The molecule has 0 radical (unpaired) electrons. The summed E-state index contributed by atoms with van der Waals surface area (Å²) < 4.78 is -0.306. The van der Waals surface area contributed by atoms with E-state index in [0.29, 0.717) is 0 Å². The molecule has 0 aliphatic rings. The van der Waals surface area contributed by atoms with Gasteiger partial charge in [0.2, 0.25) is 0 Å². The van der Waals surface area contributed by atoms with Gasteiger partial charge in [-0.25, -0.2) is 0 Å². The van der Waals surface area contributed by atoms with Gasteiger partial charge in [0.05, 0.1) is 0 Å². The van der Waals surface area contributed by atoms with Crippen molar-refractivity contribution in [2.75, 3.05) is 0 Å². The molecule has 0 aromatic rings. The van der Waals surface area contributed by atoms with Gasteiger partial charge in [-0.05, 0) is 0 Å². The standard InChI is InChI=1S/Hg.NO2/c;2-1-3. The van der Waals surface area contributed by atoms with Crippen LogP contribution in [0.15, 0.2) is 0 Å². The van der Waals surface area contributed by atoms with Gasteiger partial charge in [0, 0.05) is 0 Å². The summed E-state index contributed by atoms with van der Waals surface area (Å²) in [6.45, 7) is 0. The van der Waals surface area contributed by atoms with E-state index in [1.807, 2.05) is 0 Å². The van der Waals surface area contributed by atoms with Crippen LogP contribution in [0.3, 0.4) is 0 Å². The van der Waals surface area contributed by atoms with Gasteiger partial charge < -0.3 is 0 Å². The van der Waals surface area contributed by atoms with E-state index in [1.54, 1.807) is 0 Å². The Hall–Kier alpha value is 0.335. The molecule has 4 heavy (non-hydrogen) atoms. The van der Waals surface area contributed by atoms with Gasteiger partial charge in [-0.3, -0.25) is 0 Å². The van der Waals surface area contributed by atoms with Crippen molar-refractivity contribution >= 4 is 0 Å². The monoisotopic (exact) mass is 248 g/mol. The van der Waals surface area contributed by atoms with Gasteiger partial charge in [0.25, 0.3) is 0 Å². The Morgan fingerprint density at radius 3 is 2.00 bits per heavy atom. The summed E-state index contributed by atoms with van der Waals surface area (Å²) >= 11 is -0.256. The number of rotatable bonds is 0. The first-order valence-corrected chi connectivity index (χ1v) is 3.14. The van der Waals surface area contributed by atoms with Gasteiger partial charge in [-0.15, -0.1) is 0 Å². The Morgan fingerprint density at radius 1 is 2.00 bits per heavy atom. The molecule has 0 saturated heterocycles. The van der Waals surface area contributed by atoms with E-state index in [-0.39, 0.29) is 29.1 Å². The third-order valence-corrected chi connectivity index (χ3v) is 0. The van der Waals surface area contributed by atoms with Gasteiger partial charge in [0.1, 0.15) is 0 Å². The molecule has 0 bridgehead atoms. The van der Waals surface area contributed by atoms with Crippen LogP contribution in [0, 0.1) is 10.1 Å². The van der Waals surface area contributed by atoms with Crippen LogP contribution in [0.2, 0.25) is 0 Å². The Morgan fingerprint density at radius 2 is 2.00 bits per heavy atom. The molecule has 4 heteroatoms. The Kier molecular flexibility index (Phi) is 1.77. The minimum atomic E-state index is -0.306. The fourth-order valence-corrected chi connectivity index (χ4v) is 0. The fraction of sp³-hybridized carbons (Fsp3) is 0. The van der Waals surface area contributed by atoms with Crippen LogP contribution in [0.1, 0.15) is 0 Å². The second-order valence-electron chi connectivity index (χ2n) is 0.333. The van der Waals surface area contributed by atoms with Crippen LogP contribution in [0.5, 0.6) is 0 Å². The van der Waals surface area contributed by atoms with Gasteiger partial charge in [-0.1, -0.05) is 0 Å². The molecule has 0 fully saturated rings. The third kappa shape index (κ3) is 37.1. The fourth-order valence-electron chi connectivity index (χ4n) is 0. The van der Waals surface area contributed by atoms with E-state index in [9.17, 15) is 0 Å². The van der Waals surface area contributed by atoms with Crippen LogP contribution in [0.25, 0.3) is 0 Å². The minimum absolute atomic E-state index is 0.256. The van der Waals surface area contributed by atoms with Crippen molar-refractivity contribution in [1.82, 2.24) is 0 Å². The molecule has 0 rings (SSSR count). The first kappa shape index (κ1) is 4.34. The van der Waals surface area contributed by atoms with Crippen molar-refractivity contribution in [1.29, 1.82) is 0 Å². The summed E-state index contributed by atoms with van der Waals surface area (Å²) in [6.07, 6.45) is 0. The molecule has 0 saturated carbocycles. The molecule has 0 aromatic carbocycles. The predicted octanol–water partition coefficient (Wildman–Crippen LogP) is -0.275. The zero-order valence-electron chi connectivity index (χ0n) is 1.97. The van der Waals surface area contributed by atoms with Gasteiger partial charge in [0.15, 0.2) is 0 Å². The van der Waals surface area contributed by atoms with E-state index in [1.165, 1.54) is 0 Å². The van der Waals surface area contributed by atoms with Crippen LogP contribution in [0.4, 0.5) is 0 Å². The summed E-state index contributed by atoms with van der Waals surface area (Å²) in [5.74, 6) is 0. The second-order valence-corrected chi connectivity index (χ2v) is 2.34. The third-order valence-electron chi connectivity index (χ3n) is 0. The molecule has 0 amide bonds. The van der Waals surface area contributed by atoms with Crippen molar-refractivity contribution in [3.05, 3.63) is 10.1 Å². The molecule has 3 nitrogen and oxygen atoms in total. The normalized spacial score (nSPS) is 6.50. The number of hydrogen-bond acceptors (Lipinski definition) is 2. The number of nitro groups is 1. The second kappa shape index (κ2) is 1.63. The number of hydrogen-bond donors (Lipinski definition) is 0. The van der Waals surface area contributed by atoms with Gasteiger partial charge >= 0.3 is 39.2 Å². The average Bonchev–Trinajstić information content (AvgIpc) is 0.811. The van der Waals surface area contributed by atoms with E-state index in [2.05, 4.69) is 0 Å². The van der Waals surface area contributed by atoms with Crippen molar-refractivity contribution in [2.24, 2.45) is 0 Å². The molecule has 0 atom stereocenters. The predicted molar refractivity (Wildman–Crippen MR) is 6.99 cm³/mol. The zero-order valence-corrected chi connectivity index (χ0v) is 7.47. The van der Waals surface area contributed by atoms with Crippen molar-refractivity contribution in [3.63, 3.8) is 0 Å². The Bertz CT molecular complexity index is 29.0. The molecule has 0 aromatic heterocycles. The van der Waals surface area contributed by atoms with Crippen molar-refractivity contribution in [3.8, 4) is 0 Å². The van der Waals surface area contributed by atoms with Crippen molar-refractivity contribution in [2.45, 2.75) is 0 Å². The quantitative estimate of drug-likeness (QED) is 0.335. The summed E-state index contributed by atoms with van der Waals surface area (Å²) in [4.78, 5) is 8.89. The summed E-state index contributed by atoms with van der Waals surface area (Å²) in [5.41, 5.74) is 0. The Balaban J connectivity index is 2.80. The van der Waals surface area contributed by atoms with Crippen LogP contribution in [-0.4, -0.2) is 2.69 Å². The summed E-state index contributed by atoms with van der Waals surface area (Å²) in [6, 6.07) is 0. The molecule has 0 spiro atoms. The van der Waals surface area contributed by atoms with E-state index >= 15 is 0 Å². The van der Waals surface area contributed by atoms with Crippen LogP contribution < -0.4 is 0 Å². The van der Waals surface area contributed by atoms with Gasteiger partial charge in [-0.2, -0.15) is 0 Å². The first-order valence-electron chi connectivity index (χ1n) is 0.681. The van der Waals surface area contributed by atoms with Crippen LogP contribution in [-0.2, 0) is 26.4 Å². The Labute approximate surface area is 39.5 Å². The number of nitrogens with zero attached hydrogens (tertiary/aromatic N) is 1. The zero-order chi connectivity index (χ0) is 3.58. The molecule has 0 aliphatic carbocycles. The van der Waals surface area contributed by atoms with Crippen molar-refractivity contribution < 1.29 is 29.1 Å². The molecule has 19 valence electrons. The van der Waals surface area contributed by atoms with E-state index < -0.39 is 0 Å². The average molecular weight is 247 g/mol. The van der Waals surface area contributed by atoms with E-state index in [4.69, 9.17) is 10.1 Å². The molecule has 0 unspecified atom stereocenters. The van der Waals surface area contributed by atoms with Crippen LogP contribution >= 0.6 is 0 Å². The molecular formula is HgNO2. The van der Waals surface area contributed by atoms with E-state index in [0.717, 1.165) is 0 Å².